The van der Waals surface area contributed by atoms with E-state index in [2.05, 4.69) is 0 Å². The molecule has 0 saturated carbocycles. The van der Waals surface area contributed by atoms with Gasteiger partial charge in [0.15, 0.2) is 0 Å². The zero-order chi connectivity index (χ0) is 11.5. The van der Waals surface area contributed by atoms with E-state index in [0.29, 0.717) is 23.7 Å². The molecular formula is C12H12ClFN2. The number of rotatable bonds is 3. The second kappa shape index (κ2) is 4.68. The predicted molar refractivity (Wildman–Crippen MR) is 62.8 cm³/mol. The van der Waals surface area contributed by atoms with Crippen LogP contribution in [0.5, 0.6) is 0 Å². The fourth-order valence-corrected chi connectivity index (χ4v) is 1.87. The van der Waals surface area contributed by atoms with Gasteiger partial charge in [-0.05, 0) is 24.3 Å². The van der Waals surface area contributed by atoms with E-state index in [0.717, 1.165) is 5.69 Å². The van der Waals surface area contributed by atoms with Crippen molar-refractivity contribution >= 4 is 11.6 Å². The smallest absolute Gasteiger partial charge is 0.129 e. The molecule has 0 radical (unpaired) electrons. The van der Waals surface area contributed by atoms with Crippen LogP contribution < -0.4 is 5.73 Å². The van der Waals surface area contributed by atoms with Crippen LogP contribution in [-0.2, 0) is 13.1 Å². The molecule has 0 saturated heterocycles. The number of nitrogens with zero attached hydrogens (tertiary/aromatic N) is 1. The van der Waals surface area contributed by atoms with E-state index in [1.54, 1.807) is 12.1 Å². The first kappa shape index (κ1) is 11.2. The molecule has 0 unspecified atom stereocenters. The molecule has 84 valence electrons. The molecule has 1 aromatic carbocycles. The van der Waals surface area contributed by atoms with Gasteiger partial charge >= 0.3 is 0 Å². The lowest BCUT2D eigenvalue weighted by Gasteiger charge is -2.10. The normalized spacial score (nSPS) is 10.7. The highest BCUT2D eigenvalue weighted by atomic mass is 35.5. The van der Waals surface area contributed by atoms with Crippen LogP contribution in [-0.4, -0.2) is 4.57 Å². The van der Waals surface area contributed by atoms with E-state index in [9.17, 15) is 4.39 Å². The molecule has 0 spiro atoms. The second-order valence-corrected chi connectivity index (χ2v) is 3.94. The monoisotopic (exact) mass is 238 g/mol. The molecule has 2 N–H and O–H groups in total. The Kier molecular flexibility index (Phi) is 3.27. The highest BCUT2D eigenvalue weighted by Crippen LogP contribution is 2.20. The lowest BCUT2D eigenvalue weighted by Crippen LogP contribution is -2.08. The van der Waals surface area contributed by atoms with Gasteiger partial charge in [-0.15, -0.1) is 0 Å². The molecule has 0 aliphatic heterocycles. The Labute approximate surface area is 98.4 Å². The molecule has 2 aromatic rings. The first-order chi connectivity index (χ1) is 7.72. The summed E-state index contributed by atoms with van der Waals surface area (Å²) in [7, 11) is 0. The molecule has 16 heavy (non-hydrogen) atoms. The van der Waals surface area contributed by atoms with Gasteiger partial charge in [0.05, 0.1) is 6.54 Å². The van der Waals surface area contributed by atoms with E-state index >= 15 is 0 Å². The first-order valence-electron chi connectivity index (χ1n) is 4.99. The third kappa shape index (κ3) is 2.10. The standard InChI is InChI=1S/C12H12ClFN2/c13-11-4-1-5-12(14)10(11)8-16-6-2-3-9(16)7-15/h1-6H,7-8,15H2. The van der Waals surface area contributed by atoms with Crippen molar-refractivity contribution in [2.45, 2.75) is 13.1 Å². The SMILES string of the molecule is NCc1cccn1Cc1c(F)cccc1Cl. The van der Waals surface area contributed by atoms with Gasteiger partial charge in [0.25, 0.3) is 0 Å². The summed E-state index contributed by atoms with van der Waals surface area (Å²) in [6.45, 7) is 0.837. The molecule has 0 fully saturated rings. The van der Waals surface area contributed by atoms with Crippen LogP contribution in [0.15, 0.2) is 36.5 Å². The van der Waals surface area contributed by atoms with Gasteiger partial charge < -0.3 is 10.3 Å². The van der Waals surface area contributed by atoms with E-state index < -0.39 is 0 Å². The minimum Gasteiger partial charge on any atom is -0.346 e. The average molecular weight is 239 g/mol. The highest BCUT2D eigenvalue weighted by Gasteiger charge is 2.08. The molecule has 4 heteroatoms. The molecule has 1 aromatic heterocycles. The minimum absolute atomic E-state index is 0.288. The van der Waals surface area contributed by atoms with Crippen molar-refractivity contribution in [2.24, 2.45) is 5.73 Å². The summed E-state index contributed by atoms with van der Waals surface area (Å²) < 4.78 is 15.4. The van der Waals surface area contributed by atoms with E-state index in [1.807, 2.05) is 22.9 Å². The Morgan fingerprint density at radius 2 is 2.06 bits per heavy atom. The quantitative estimate of drug-likeness (QED) is 0.876. The van der Waals surface area contributed by atoms with Crippen LogP contribution in [0.25, 0.3) is 0 Å². The van der Waals surface area contributed by atoms with Crippen LogP contribution in [0.2, 0.25) is 5.02 Å². The van der Waals surface area contributed by atoms with Crippen molar-refractivity contribution in [1.29, 1.82) is 0 Å². The summed E-state index contributed by atoms with van der Waals surface area (Å²) in [6, 6.07) is 8.49. The molecule has 0 amide bonds. The molecule has 1 heterocycles. The molecule has 0 aliphatic carbocycles. The Morgan fingerprint density at radius 3 is 2.75 bits per heavy atom. The fraction of sp³-hybridized carbons (Fsp3) is 0.167. The molecule has 0 atom stereocenters. The Balaban J connectivity index is 2.34. The van der Waals surface area contributed by atoms with E-state index in [-0.39, 0.29) is 5.82 Å². The fourth-order valence-electron chi connectivity index (χ4n) is 1.64. The minimum atomic E-state index is -0.288. The summed E-state index contributed by atoms with van der Waals surface area (Å²) in [5.74, 6) is -0.288. The maximum atomic E-state index is 13.5. The number of hydrogen-bond acceptors (Lipinski definition) is 1. The summed E-state index contributed by atoms with van der Waals surface area (Å²) >= 11 is 5.96. The number of benzene rings is 1. The first-order valence-corrected chi connectivity index (χ1v) is 5.37. The van der Waals surface area contributed by atoms with E-state index in [4.69, 9.17) is 17.3 Å². The second-order valence-electron chi connectivity index (χ2n) is 3.53. The van der Waals surface area contributed by atoms with Gasteiger partial charge in [-0.1, -0.05) is 17.7 Å². The third-order valence-electron chi connectivity index (χ3n) is 2.52. The van der Waals surface area contributed by atoms with Gasteiger partial charge in [-0.3, -0.25) is 0 Å². The lowest BCUT2D eigenvalue weighted by atomic mass is 10.2. The summed E-state index contributed by atoms with van der Waals surface area (Å²) in [5, 5.41) is 0.441. The summed E-state index contributed by atoms with van der Waals surface area (Å²) in [4.78, 5) is 0. The summed E-state index contributed by atoms with van der Waals surface area (Å²) in [6.07, 6.45) is 1.87. The molecule has 0 aliphatic rings. The van der Waals surface area contributed by atoms with Gasteiger partial charge in [-0.2, -0.15) is 0 Å². The van der Waals surface area contributed by atoms with Gasteiger partial charge in [0.1, 0.15) is 5.82 Å². The zero-order valence-electron chi connectivity index (χ0n) is 8.66. The van der Waals surface area contributed by atoms with Crippen LogP contribution >= 0.6 is 11.6 Å². The zero-order valence-corrected chi connectivity index (χ0v) is 9.41. The maximum Gasteiger partial charge on any atom is 0.129 e. The Morgan fingerprint density at radius 1 is 1.25 bits per heavy atom. The highest BCUT2D eigenvalue weighted by molar-refractivity contribution is 6.31. The van der Waals surface area contributed by atoms with Crippen molar-refractivity contribution in [3.8, 4) is 0 Å². The molecule has 2 nitrogen and oxygen atoms in total. The van der Waals surface area contributed by atoms with Crippen molar-refractivity contribution in [3.63, 3.8) is 0 Å². The van der Waals surface area contributed by atoms with Crippen molar-refractivity contribution in [3.05, 3.63) is 58.6 Å². The number of nitrogens with two attached hydrogens (primary N) is 1. The van der Waals surface area contributed by atoms with Crippen LogP contribution in [0.3, 0.4) is 0 Å². The molecular weight excluding hydrogens is 227 g/mol. The van der Waals surface area contributed by atoms with Crippen molar-refractivity contribution in [2.75, 3.05) is 0 Å². The number of aromatic nitrogens is 1. The van der Waals surface area contributed by atoms with Crippen LogP contribution in [0, 0.1) is 5.82 Å². The number of hydrogen-bond donors (Lipinski definition) is 1. The largest absolute Gasteiger partial charge is 0.346 e. The third-order valence-corrected chi connectivity index (χ3v) is 2.88. The average Bonchev–Trinajstić information content (AvgIpc) is 2.71. The van der Waals surface area contributed by atoms with Crippen LogP contribution in [0.4, 0.5) is 4.39 Å². The van der Waals surface area contributed by atoms with Gasteiger partial charge in [0, 0.05) is 29.0 Å². The van der Waals surface area contributed by atoms with E-state index in [1.165, 1.54) is 6.07 Å². The molecule has 0 bridgehead atoms. The van der Waals surface area contributed by atoms with Gasteiger partial charge in [-0.25, -0.2) is 4.39 Å². The van der Waals surface area contributed by atoms with Crippen molar-refractivity contribution < 1.29 is 4.39 Å². The molecule has 2 rings (SSSR count). The Bertz CT molecular complexity index is 473. The topological polar surface area (TPSA) is 30.9 Å². The summed E-state index contributed by atoms with van der Waals surface area (Å²) in [5.41, 5.74) is 7.03. The van der Waals surface area contributed by atoms with Gasteiger partial charge in [0.2, 0.25) is 0 Å². The van der Waals surface area contributed by atoms with Crippen molar-refractivity contribution in [1.82, 2.24) is 4.57 Å². The Hall–Kier alpha value is -1.32. The predicted octanol–water partition coefficient (Wildman–Crippen LogP) is 2.79. The number of halogens is 2. The van der Waals surface area contributed by atoms with Crippen LogP contribution in [0.1, 0.15) is 11.3 Å². The lowest BCUT2D eigenvalue weighted by molar-refractivity contribution is 0.596. The maximum absolute atomic E-state index is 13.5.